The molecule has 1 fully saturated rings. The van der Waals surface area contributed by atoms with Crippen LogP contribution in [0.15, 0.2) is 53.6 Å². The van der Waals surface area contributed by atoms with Crippen LogP contribution in [0.25, 0.3) is 11.3 Å². The third-order valence-electron chi connectivity index (χ3n) is 4.75. The lowest BCUT2D eigenvalue weighted by Gasteiger charge is -2.34. The smallest absolute Gasteiger partial charge is 0.255 e. The van der Waals surface area contributed by atoms with E-state index in [2.05, 4.69) is 9.97 Å². The average Bonchev–Trinajstić information content (AvgIpc) is 2.71. The lowest BCUT2D eigenvalue weighted by atomic mass is 10.1. The quantitative estimate of drug-likeness (QED) is 0.695. The van der Waals surface area contributed by atoms with Gasteiger partial charge in [0.05, 0.1) is 25.0 Å². The summed E-state index contributed by atoms with van der Waals surface area (Å²) in [6.07, 6.45) is 2.26. The molecule has 0 bridgehead atoms. The lowest BCUT2D eigenvalue weighted by Crippen LogP contribution is -2.41. The molecule has 144 valence electrons. The number of aromatic nitrogens is 3. The molecule has 0 amide bonds. The summed E-state index contributed by atoms with van der Waals surface area (Å²) in [6, 6.07) is 8.93. The molecule has 0 N–H and O–H groups in total. The highest BCUT2D eigenvalue weighted by Crippen LogP contribution is 2.26. The highest BCUT2D eigenvalue weighted by molar-refractivity contribution is 5.60. The number of rotatable bonds is 3. The van der Waals surface area contributed by atoms with E-state index in [1.165, 1.54) is 35.0 Å². The van der Waals surface area contributed by atoms with Crippen molar-refractivity contribution in [3.05, 3.63) is 76.3 Å². The zero-order valence-electron chi connectivity index (χ0n) is 15.2. The summed E-state index contributed by atoms with van der Waals surface area (Å²) in [5, 5.41) is 0. The zero-order valence-corrected chi connectivity index (χ0v) is 15.2. The highest BCUT2D eigenvalue weighted by Gasteiger charge is 2.25. The molecule has 1 aliphatic heterocycles. The van der Waals surface area contributed by atoms with Crippen LogP contribution in [-0.2, 0) is 11.8 Å². The van der Waals surface area contributed by atoms with Crippen LogP contribution >= 0.6 is 0 Å². The Kier molecular flexibility index (Phi) is 4.87. The van der Waals surface area contributed by atoms with Crippen LogP contribution in [0.4, 0.5) is 14.7 Å². The fraction of sp³-hybridized carbons (Fsp3) is 0.250. The molecule has 1 saturated heterocycles. The maximum atomic E-state index is 14.1. The summed E-state index contributed by atoms with van der Waals surface area (Å²) < 4.78 is 34.6. The van der Waals surface area contributed by atoms with E-state index in [9.17, 15) is 13.6 Å². The summed E-state index contributed by atoms with van der Waals surface area (Å²) in [6.45, 7) is 1.39. The predicted octanol–water partition coefficient (Wildman–Crippen LogP) is 2.70. The van der Waals surface area contributed by atoms with Crippen molar-refractivity contribution in [2.24, 2.45) is 7.05 Å². The van der Waals surface area contributed by atoms with Gasteiger partial charge in [-0.15, -0.1) is 0 Å². The van der Waals surface area contributed by atoms with Gasteiger partial charge in [0.25, 0.3) is 5.56 Å². The van der Waals surface area contributed by atoms with Crippen molar-refractivity contribution >= 4 is 5.95 Å². The maximum Gasteiger partial charge on any atom is 0.255 e. The lowest BCUT2D eigenvalue weighted by molar-refractivity contribution is 0.0389. The van der Waals surface area contributed by atoms with Crippen molar-refractivity contribution in [1.29, 1.82) is 0 Å². The molecular weight excluding hydrogens is 366 g/mol. The fourth-order valence-electron chi connectivity index (χ4n) is 3.24. The van der Waals surface area contributed by atoms with Crippen molar-refractivity contribution in [1.82, 2.24) is 14.5 Å². The fourth-order valence-corrected chi connectivity index (χ4v) is 3.24. The molecule has 0 aliphatic carbocycles. The SMILES string of the molecule is Cn1c(N2CCO[C@@H](c3ccc(F)cc3)C2)nc(-c2ccncc2F)cc1=O. The number of hydrogen-bond acceptors (Lipinski definition) is 5. The number of morpholine rings is 1. The van der Waals surface area contributed by atoms with Gasteiger partial charge in [-0.25, -0.2) is 13.8 Å². The maximum absolute atomic E-state index is 14.1. The molecule has 0 unspecified atom stereocenters. The average molecular weight is 384 g/mol. The van der Waals surface area contributed by atoms with Gasteiger partial charge in [-0.1, -0.05) is 12.1 Å². The Bertz CT molecular complexity index is 1050. The molecule has 4 rings (SSSR count). The standard InChI is InChI=1S/C20H18F2N4O2/c1-25-19(27)10-17(15-6-7-23-11-16(15)22)24-20(25)26-8-9-28-18(12-26)13-2-4-14(21)5-3-13/h2-7,10-11,18H,8-9,12H2,1H3/t18-/m1/s1. The molecule has 3 heterocycles. The number of halogens is 2. The van der Waals surface area contributed by atoms with Crippen LogP contribution in [0.3, 0.4) is 0 Å². The number of ether oxygens (including phenoxy) is 1. The van der Waals surface area contributed by atoms with Crippen molar-refractivity contribution in [3.63, 3.8) is 0 Å². The van der Waals surface area contributed by atoms with Crippen molar-refractivity contribution < 1.29 is 13.5 Å². The second-order valence-corrected chi connectivity index (χ2v) is 6.55. The molecule has 8 heteroatoms. The second kappa shape index (κ2) is 7.47. The molecule has 1 aliphatic rings. The third kappa shape index (κ3) is 3.50. The van der Waals surface area contributed by atoms with E-state index in [0.717, 1.165) is 11.8 Å². The predicted molar refractivity (Wildman–Crippen MR) is 100.0 cm³/mol. The topological polar surface area (TPSA) is 60.2 Å². The van der Waals surface area contributed by atoms with Crippen LogP contribution in [0, 0.1) is 11.6 Å². The van der Waals surface area contributed by atoms with E-state index in [0.29, 0.717) is 25.6 Å². The van der Waals surface area contributed by atoms with Crippen molar-refractivity contribution in [3.8, 4) is 11.3 Å². The van der Waals surface area contributed by atoms with Gasteiger partial charge in [0, 0.05) is 31.4 Å². The molecule has 28 heavy (non-hydrogen) atoms. The van der Waals surface area contributed by atoms with E-state index in [1.54, 1.807) is 19.2 Å². The molecule has 0 spiro atoms. The first-order valence-corrected chi connectivity index (χ1v) is 8.83. The van der Waals surface area contributed by atoms with Gasteiger partial charge in [-0.2, -0.15) is 0 Å². The number of benzene rings is 1. The largest absolute Gasteiger partial charge is 0.370 e. The minimum Gasteiger partial charge on any atom is -0.370 e. The Morgan fingerprint density at radius 1 is 1.18 bits per heavy atom. The molecule has 3 aromatic rings. The van der Waals surface area contributed by atoms with Crippen molar-refractivity contribution in [2.45, 2.75) is 6.10 Å². The summed E-state index contributed by atoms with van der Waals surface area (Å²) >= 11 is 0. The number of pyridine rings is 1. The normalized spacial score (nSPS) is 17.0. The van der Waals surface area contributed by atoms with Gasteiger partial charge < -0.3 is 9.64 Å². The Hall–Kier alpha value is -3.13. The Morgan fingerprint density at radius 3 is 2.71 bits per heavy atom. The summed E-state index contributed by atoms with van der Waals surface area (Å²) in [5.74, 6) is -0.429. The monoisotopic (exact) mass is 384 g/mol. The van der Waals surface area contributed by atoms with Crippen LogP contribution in [0.1, 0.15) is 11.7 Å². The molecule has 0 saturated carbocycles. The van der Waals surface area contributed by atoms with Gasteiger partial charge in [0.1, 0.15) is 11.9 Å². The molecule has 0 radical (unpaired) electrons. The Labute approximate surface area is 160 Å². The van der Waals surface area contributed by atoms with E-state index in [4.69, 9.17) is 4.74 Å². The summed E-state index contributed by atoms with van der Waals surface area (Å²) in [7, 11) is 1.62. The first-order chi connectivity index (χ1) is 13.5. The van der Waals surface area contributed by atoms with Crippen LogP contribution < -0.4 is 10.5 Å². The van der Waals surface area contributed by atoms with Gasteiger partial charge >= 0.3 is 0 Å². The van der Waals surface area contributed by atoms with Crippen LogP contribution in [0.2, 0.25) is 0 Å². The molecule has 1 atom stereocenters. The Balaban J connectivity index is 1.69. The number of hydrogen-bond donors (Lipinski definition) is 0. The minimum atomic E-state index is -0.541. The minimum absolute atomic E-state index is 0.220. The van der Waals surface area contributed by atoms with E-state index in [-0.39, 0.29) is 28.7 Å². The second-order valence-electron chi connectivity index (χ2n) is 6.55. The van der Waals surface area contributed by atoms with E-state index in [1.807, 2.05) is 4.90 Å². The first-order valence-electron chi connectivity index (χ1n) is 8.83. The van der Waals surface area contributed by atoms with Crippen LogP contribution in [-0.4, -0.2) is 34.2 Å². The van der Waals surface area contributed by atoms with Gasteiger partial charge in [0.15, 0.2) is 5.82 Å². The number of anilines is 1. The molecular formula is C20H18F2N4O2. The van der Waals surface area contributed by atoms with E-state index < -0.39 is 5.82 Å². The van der Waals surface area contributed by atoms with E-state index >= 15 is 0 Å². The summed E-state index contributed by atoms with van der Waals surface area (Å²) in [5.41, 5.74) is 1.02. The van der Waals surface area contributed by atoms with Crippen LogP contribution in [0.5, 0.6) is 0 Å². The summed E-state index contributed by atoms with van der Waals surface area (Å²) in [4.78, 5) is 22.6. The van der Waals surface area contributed by atoms with Crippen molar-refractivity contribution in [2.75, 3.05) is 24.6 Å². The molecule has 1 aromatic carbocycles. The first kappa shape index (κ1) is 18.2. The molecule has 6 nitrogen and oxygen atoms in total. The zero-order chi connectivity index (χ0) is 19.7. The highest BCUT2D eigenvalue weighted by atomic mass is 19.1. The van der Waals surface area contributed by atoms with Gasteiger partial charge in [-0.05, 0) is 23.8 Å². The van der Waals surface area contributed by atoms with Gasteiger partial charge in [-0.3, -0.25) is 14.3 Å². The third-order valence-corrected chi connectivity index (χ3v) is 4.75. The Morgan fingerprint density at radius 2 is 1.96 bits per heavy atom. The van der Waals surface area contributed by atoms with Gasteiger partial charge in [0.2, 0.25) is 5.95 Å². The molecule has 2 aromatic heterocycles. The number of nitrogens with zero attached hydrogens (tertiary/aromatic N) is 4.